The van der Waals surface area contributed by atoms with E-state index in [4.69, 9.17) is 5.11 Å². The maximum atomic E-state index is 11.5. The molecule has 0 radical (unpaired) electrons. The zero-order valence-electron chi connectivity index (χ0n) is 21.8. The molecule has 0 fully saturated rings. The van der Waals surface area contributed by atoms with E-state index in [0.717, 1.165) is 31.4 Å². The van der Waals surface area contributed by atoms with Gasteiger partial charge in [-0.2, -0.15) is 0 Å². The van der Waals surface area contributed by atoms with Crippen LogP contribution in [-0.2, 0) is 33.6 Å². The maximum Gasteiger partial charge on any atom is 0.303 e. The van der Waals surface area contributed by atoms with Crippen LogP contribution in [0.2, 0.25) is 0 Å². The Morgan fingerprint density at radius 1 is 0.842 bits per heavy atom. The van der Waals surface area contributed by atoms with E-state index in [2.05, 4.69) is 28.2 Å². The second-order valence-corrected chi connectivity index (χ2v) is 9.24. The molecule has 0 saturated heterocycles. The number of carboxylic acids is 1. The zero-order valence-corrected chi connectivity index (χ0v) is 22.6. The van der Waals surface area contributed by atoms with Crippen molar-refractivity contribution >= 4 is 53.7 Å². The molecule has 0 saturated carbocycles. The molecule has 0 spiro atoms. The molecule has 5 N–H and O–H groups in total. The number of carboxylic acid groups (broad SMARTS) is 1. The molecule has 214 valence electrons. The molecule has 1 aliphatic heterocycles. The predicted octanol–water partition coefficient (Wildman–Crippen LogP) is -0.0916. The third-order valence-corrected chi connectivity index (χ3v) is 5.85. The molecule has 14 heteroatoms. The van der Waals surface area contributed by atoms with Crippen LogP contribution >= 0.6 is 11.8 Å². The summed E-state index contributed by atoms with van der Waals surface area (Å²) in [6.07, 6.45) is 9.93. The fraction of sp³-hybridized carbons (Fsp3) is 0.625. The first-order chi connectivity index (χ1) is 18.2. The topological polar surface area (TPSA) is 191 Å². The van der Waals surface area contributed by atoms with Crippen molar-refractivity contribution in [1.82, 2.24) is 26.2 Å². The number of nitrogens with zero attached hydrogens (tertiary/aromatic N) is 1. The minimum atomic E-state index is -0.792. The van der Waals surface area contributed by atoms with Crippen LogP contribution in [0.1, 0.15) is 58.3 Å². The molecule has 0 aromatic carbocycles. The minimum Gasteiger partial charge on any atom is -0.481 e. The van der Waals surface area contributed by atoms with Gasteiger partial charge >= 0.3 is 5.97 Å². The third kappa shape index (κ3) is 19.7. The molecular weight excluding hydrogens is 518 g/mol. The summed E-state index contributed by atoms with van der Waals surface area (Å²) < 4.78 is 0. The van der Waals surface area contributed by atoms with Crippen molar-refractivity contribution in [1.29, 1.82) is 0 Å². The van der Waals surface area contributed by atoms with Gasteiger partial charge in [-0.3, -0.25) is 38.5 Å². The number of thioether (sulfide) groups is 1. The molecule has 1 rings (SSSR count). The summed E-state index contributed by atoms with van der Waals surface area (Å²) in [5.41, 5.74) is 0. The van der Waals surface area contributed by atoms with Crippen molar-refractivity contribution in [2.75, 3.05) is 37.8 Å². The van der Waals surface area contributed by atoms with Gasteiger partial charge in [0.1, 0.15) is 0 Å². The van der Waals surface area contributed by atoms with Gasteiger partial charge in [0.2, 0.25) is 24.1 Å². The largest absolute Gasteiger partial charge is 0.481 e. The lowest BCUT2D eigenvalue weighted by atomic mass is 10.2. The smallest absolute Gasteiger partial charge is 0.303 e. The summed E-state index contributed by atoms with van der Waals surface area (Å²) in [4.78, 5) is 77.8. The first kappa shape index (κ1) is 34.6. The Bertz CT molecular complexity index is 804. The van der Waals surface area contributed by atoms with Crippen molar-refractivity contribution < 1.29 is 38.7 Å². The highest BCUT2D eigenvalue weighted by atomic mass is 32.2. The van der Waals surface area contributed by atoms with Gasteiger partial charge in [0.25, 0.3) is 11.8 Å². The second kappa shape index (κ2) is 22.8. The number of unbranched alkanes of at least 4 members (excludes halogenated alkanes) is 5. The molecule has 0 unspecified atom stereocenters. The van der Waals surface area contributed by atoms with E-state index in [-0.39, 0.29) is 43.8 Å². The standard InChI is InChI=1S/C14H24N4O6S.C10H15NO2/c19-9-15-6-11(20)16-7-12(21)17-8-13(22)18-10-25-5-3-1-2-4-14(23)24;1-2-3-4-5-8-11-9(12)6-7-10(11)13/h9H,1-8,10H2,(H,15,19)(H,16,20)(H,17,21)(H,18,22)(H,23,24);6-7H,2-5,8H2,1H3. The Labute approximate surface area is 226 Å². The maximum absolute atomic E-state index is 11.5. The lowest BCUT2D eigenvalue weighted by molar-refractivity contribution is -0.138. The van der Waals surface area contributed by atoms with Crippen molar-refractivity contribution in [2.45, 2.75) is 58.3 Å². The summed E-state index contributed by atoms with van der Waals surface area (Å²) >= 11 is 1.51. The summed E-state index contributed by atoms with van der Waals surface area (Å²) in [6.45, 7) is 2.02. The summed E-state index contributed by atoms with van der Waals surface area (Å²) in [5, 5.41) is 17.9. The fourth-order valence-electron chi connectivity index (χ4n) is 2.89. The highest BCUT2D eigenvalue weighted by Gasteiger charge is 2.21. The normalized spacial score (nSPS) is 11.9. The summed E-state index contributed by atoms with van der Waals surface area (Å²) in [7, 11) is 0. The van der Waals surface area contributed by atoms with Crippen LogP contribution in [0.15, 0.2) is 12.2 Å². The van der Waals surface area contributed by atoms with Gasteiger partial charge in [0, 0.05) is 25.1 Å². The fourth-order valence-corrected chi connectivity index (χ4v) is 3.70. The summed E-state index contributed by atoms with van der Waals surface area (Å²) in [5.74, 6) is -1.27. The van der Waals surface area contributed by atoms with Crippen LogP contribution in [-0.4, -0.2) is 89.7 Å². The number of nitrogens with one attached hydrogen (secondary N) is 4. The van der Waals surface area contributed by atoms with Crippen molar-refractivity contribution in [3.05, 3.63) is 12.2 Å². The number of rotatable bonds is 20. The van der Waals surface area contributed by atoms with Crippen LogP contribution in [0.4, 0.5) is 0 Å². The van der Waals surface area contributed by atoms with E-state index >= 15 is 0 Å². The third-order valence-electron chi connectivity index (χ3n) is 4.92. The average Bonchev–Trinajstić information content (AvgIpc) is 3.21. The van der Waals surface area contributed by atoms with E-state index in [1.165, 1.54) is 41.7 Å². The highest BCUT2D eigenvalue weighted by Crippen LogP contribution is 2.07. The Morgan fingerprint density at radius 3 is 2.00 bits per heavy atom. The monoisotopic (exact) mass is 557 g/mol. The number of imide groups is 1. The van der Waals surface area contributed by atoms with E-state index < -0.39 is 17.8 Å². The van der Waals surface area contributed by atoms with Gasteiger partial charge in [-0.1, -0.05) is 32.6 Å². The lowest BCUT2D eigenvalue weighted by Crippen LogP contribution is -2.43. The van der Waals surface area contributed by atoms with Gasteiger partial charge in [-0.25, -0.2) is 0 Å². The van der Waals surface area contributed by atoms with Crippen LogP contribution in [0, 0.1) is 0 Å². The van der Waals surface area contributed by atoms with Gasteiger partial charge < -0.3 is 26.4 Å². The second-order valence-electron chi connectivity index (χ2n) is 8.13. The first-order valence-electron chi connectivity index (χ1n) is 12.5. The Morgan fingerprint density at radius 2 is 1.42 bits per heavy atom. The number of amides is 6. The van der Waals surface area contributed by atoms with E-state index in [9.17, 15) is 33.6 Å². The van der Waals surface area contributed by atoms with Gasteiger partial charge in [-0.05, 0) is 25.0 Å². The number of carbonyl (C=O) groups is 7. The zero-order chi connectivity index (χ0) is 28.6. The van der Waals surface area contributed by atoms with E-state index in [1.54, 1.807) is 0 Å². The van der Waals surface area contributed by atoms with Gasteiger partial charge in [-0.15, -0.1) is 11.8 Å². The Balaban J connectivity index is 0.000000875. The van der Waals surface area contributed by atoms with Crippen LogP contribution in [0.25, 0.3) is 0 Å². The van der Waals surface area contributed by atoms with Gasteiger partial charge in [0.05, 0.1) is 25.5 Å². The number of aliphatic carboxylic acids is 1. The SMILES string of the molecule is CCCCCCN1C(=O)C=CC1=O.O=CNCC(=O)NCC(=O)NCC(=O)NCSCCCCCC(=O)O. The molecule has 13 nitrogen and oxygen atoms in total. The molecule has 0 aromatic heterocycles. The summed E-state index contributed by atoms with van der Waals surface area (Å²) in [6, 6.07) is 0. The van der Waals surface area contributed by atoms with Crippen LogP contribution in [0.5, 0.6) is 0 Å². The van der Waals surface area contributed by atoms with Gasteiger partial charge in [0.15, 0.2) is 0 Å². The number of carbonyl (C=O) groups excluding carboxylic acids is 6. The molecule has 0 aromatic rings. The number of hydrogen-bond donors (Lipinski definition) is 5. The quantitative estimate of drug-likeness (QED) is 0.0589. The highest BCUT2D eigenvalue weighted by molar-refractivity contribution is 7.99. The van der Waals surface area contributed by atoms with E-state index in [1.807, 2.05) is 0 Å². The molecule has 38 heavy (non-hydrogen) atoms. The molecule has 0 atom stereocenters. The predicted molar refractivity (Wildman–Crippen MR) is 142 cm³/mol. The minimum absolute atomic E-state index is 0.165. The van der Waals surface area contributed by atoms with Crippen LogP contribution in [0.3, 0.4) is 0 Å². The molecule has 6 amide bonds. The Kier molecular flexibility index (Phi) is 20.7. The molecule has 0 bridgehead atoms. The molecule has 1 aliphatic rings. The van der Waals surface area contributed by atoms with Crippen molar-refractivity contribution in [2.24, 2.45) is 0 Å². The first-order valence-corrected chi connectivity index (χ1v) is 13.7. The molecular formula is C24H39N5O8S. The van der Waals surface area contributed by atoms with Crippen molar-refractivity contribution in [3.63, 3.8) is 0 Å². The molecule has 1 heterocycles. The average molecular weight is 558 g/mol. The molecule has 0 aliphatic carbocycles. The Hall–Kier alpha value is -3.42. The van der Waals surface area contributed by atoms with E-state index in [0.29, 0.717) is 25.3 Å². The van der Waals surface area contributed by atoms with Crippen molar-refractivity contribution in [3.8, 4) is 0 Å². The lowest BCUT2D eigenvalue weighted by Gasteiger charge is -2.12. The van der Waals surface area contributed by atoms with Crippen LogP contribution < -0.4 is 21.3 Å². The number of hydrogen-bond acceptors (Lipinski definition) is 8.